The first-order valence-electron chi connectivity index (χ1n) is 8.28. The van der Waals surface area contributed by atoms with Gasteiger partial charge in [-0.3, -0.25) is 9.59 Å². The predicted molar refractivity (Wildman–Crippen MR) is 102 cm³/mol. The average molecular weight is 419 g/mol. The highest BCUT2D eigenvalue weighted by Gasteiger charge is 2.17. The zero-order valence-electron chi connectivity index (χ0n) is 14.0. The van der Waals surface area contributed by atoms with Crippen LogP contribution in [0, 0.1) is 0 Å². The van der Waals surface area contributed by atoms with Crippen molar-refractivity contribution in [3.8, 4) is 5.75 Å². The fourth-order valence-electron chi connectivity index (χ4n) is 2.67. The summed E-state index contributed by atoms with van der Waals surface area (Å²) in [6, 6.07) is 11.6. The van der Waals surface area contributed by atoms with Gasteiger partial charge in [-0.15, -0.1) is 0 Å². The molecule has 2 aromatic carbocycles. The van der Waals surface area contributed by atoms with E-state index in [-0.39, 0.29) is 12.0 Å². The fraction of sp³-hybridized carbons (Fsp3) is 0.263. The lowest BCUT2D eigenvalue weighted by Crippen LogP contribution is -2.17. The summed E-state index contributed by atoms with van der Waals surface area (Å²) in [5, 5.41) is 2.75. The second kappa shape index (κ2) is 8.33. The number of nitrogens with one attached hydrogen (secondary N) is 1. The van der Waals surface area contributed by atoms with Crippen LogP contribution in [0.5, 0.6) is 5.75 Å². The number of carbonyl (C=O) groups excluding carboxylic acids is 2. The molecule has 1 heterocycles. The molecule has 3 rings (SSSR count). The first-order chi connectivity index (χ1) is 12.5. The molecule has 1 aliphatic heterocycles. The molecule has 0 spiro atoms. The minimum absolute atomic E-state index is 0.127. The van der Waals surface area contributed by atoms with Crippen LogP contribution in [0.3, 0.4) is 0 Å². The second-order valence-electron chi connectivity index (χ2n) is 5.99. The zero-order chi connectivity index (χ0) is 18.5. The van der Waals surface area contributed by atoms with Gasteiger partial charge in [-0.25, -0.2) is 0 Å². The van der Waals surface area contributed by atoms with Gasteiger partial charge in [-0.2, -0.15) is 0 Å². The lowest BCUT2D eigenvalue weighted by Gasteiger charge is -2.13. The molecule has 1 aliphatic rings. The van der Waals surface area contributed by atoms with Crippen LogP contribution in [0.4, 0.5) is 5.69 Å². The van der Waals surface area contributed by atoms with Crippen LogP contribution in [0.25, 0.3) is 0 Å². The lowest BCUT2D eigenvalue weighted by molar-refractivity contribution is 0.0677. The number of primary amides is 1. The molecule has 0 aliphatic carbocycles. The van der Waals surface area contributed by atoms with Gasteiger partial charge in [-0.1, -0.05) is 6.07 Å². The Bertz CT molecular complexity index is 819. The van der Waals surface area contributed by atoms with Crippen molar-refractivity contribution in [3.63, 3.8) is 0 Å². The summed E-state index contributed by atoms with van der Waals surface area (Å²) in [7, 11) is 0. The van der Waals surface area contributed by atoms with Crippen molar-refractivity contribution in [2.24, 2.45) is 5.73 Å². The average Bonchev–Trinajstić information content (AvgIpc) is 3.14. The molecule has 6 nitrogen and oxygen atoms in total. The SMILES string of the molecule is NC(=O)c1cccc(NC(=O)c2ccc(OCC3CCCO3)c(Br)c2)c1. The number of amides is 2. The third kappa shape index (κ3) is 4.62. The van der Waals surface area contributed by atoms with E-state index >= 15 is 0 Å². The van der Waals surface area contributed by atoms with Gasteiger partial charge in [0.25, 0.3) is 5.91 Å². The fourth-order valence-corrected chi connectivity index (χ4v) is 3.16. The number of anilines is 1. The molecule has 2 aromatic rings. The predicted octanol–water partition coefficient (Wildman–Crippen LogP) is 3.36. The molecule has 1 atom stereocenters. The van der Waals surface area contributed by atoms with Crippen molar-refractivity contribution in [1.82, 2.24) is 0 Å². The highest BCUT2D eigenvalue weighted by molar-refractivity contribution is 9.10. The molecule has 0 radical (unpaired) electrons. The maximum absolute atomic E-state index is 12.4. The van der Waals surface area contributed by atoms with Gasteiger partial charge in [-0.05, 0) is 65.2 Å². The van der Waals surface area contributed by atoms with E-state index in [1.54, 1.807) is 36.4 Å². The van der Waals surface area contributed by atoms with Crippen molar-refractivity contribution in [2.45, 2.75) is 18.9 Å². The molecule has 2 amide bonds. The van der Waals surface area contributed by atoms with Crippen LogP contribution in [-0.4, -0.2) is 31.1 Å². The van der Waals surface area contributed by atoms with E-state index in [0.29, 0.717) is 33.6 Å². The van der Waals surface area contributed by atoms with E-state index in [1.807, 2.05) is 0 Å². The van der Waals surface area contributed by atoms with Gasteiger partial charge in [0.2, 0.25) is 5.91 Å². The standard InChI is InChI=1S/C19H19BrN2O4/c20-16-10-13(6-7-17(16)26-11-15-5-2-8-25-15)19(24)22-14-4-1-3-12(9-14)18(21)23/h1,3-4,6-7,9-10,15H,2,5,8,11H2,(H2,21,23)(H,22,24). The molecule has 7 heteroatoms. The molecular weight excluding hydrogens is 400 g/mol. The number of benzene rings is 2. The minimum Gasteiger partial charge on any atom is -0.490 e. The van der Waals surface area contributed by atoms with Crippen molar-refractivity contribution in [2.75, 3.05) is 18.5 Å². The Hall–Kier alpha value is -2.38. The molecule has 136 valence electrons. The van der Waals surface area contributed by atoms with Crippen LogP contribution in [0.15, 0.2) is 46.9 Å². The Morgan fingerprint density at radius 3 is 2.77 bits per heavy atom. The lowest BCUT2D eigenvalue weighted by atomic mass is 10.1. The Morgan fingerprint density at radius 1 is 1.23 bits per heavy atom. The van der Waals surface area contributed by atoms with E-state index < -0.39 is 5.91 Å². The van der Waals surface area contributed by atoms with Crippen LogP contribution < -0.4 is 15.8 Å². The largest absolute Gasteiger partial charge is 0.490 e. The monoisotopic (exact) mass is 418 g/mol. The van der Waals surface area contributed by atoms with Crippen LogP contribution in [-0.2, 0) is 4.74 Å². The maximum atomic E-state index is 12.4. The Labute approximate surface area is 159 Å². The quantitative estimate of drug-likeness (QED) is 0.752. The summed E-state index contributed by atoms with van der Waals surface area (Å²) in [5.41, 5.74) is 6.55. The number of ether oxygens (including phenoxy) is 2. The molecule has 0 aromatic heterocycles. The number of hydrogen-bond acceptors (Lipinski definition) is 4. The summed E-state index contributed by atoms with van der Waals surface area (Å²) >= 11 is 3.43. The number of hydrogen-bond donors (Lipinski definition) is 2. The number of carbonyl (C=O) groups is 2. The summed E-state index contributed by atoms with van der Waals surface area (Å²) in [5.74, 6) is -0.178. The third-order valence-electron chi connectivity index (χ3n) is 4.05. The van der Waals surface area contributed by atoms with Crippen molar-refractivity contribution >= 4 is 33.4 Å². The topological polar surface area (TPSA) is 90.7 Å². The molecule has 3 N–H and O–H groups in total. The van der Waals surface area contributed by atoms with Crippen molar-refractivity contribution in [1.29, 1.82) is 0 Å². The van der Waals surface area contributed by atoms with Crippen LogP contribution in [0.1, 0.15) is 33.6 Å². The highest BCUT2D eigenvalue weighted by atomic mass is 79.9. The van der Waals surface area contributed by atoms with Crippen molar-refractivity contribution in [3.05, 3.63) is 58.1 Å². The molecule has 1 fully saturated rings. The smallest absolute Gasteiger partial charge is 0.255 e. The normalized spacial score (nSPS) is 16.3. The Morgan fingerprint density at radius 2 is 2.08 bits per heavy atom. The number of nitrogens with two attached hydrogens (primary N) is 1. The van der Waals surface area contributed by atoms with Crippen LogP contribution >= 0.6 is 15.9 Å². The number of halogens is 1. The highest BCUT2D eigenvalue weighted by Crippen LogP contribution is 2.27. The summed E-state index contributed by atoms with van der Waals surface area (Å²) in [6.07, 6.45) is 2.19. The minimum atomic E-state index is -0.545. The maximum Gasteiger partial charge on any atom is 0.255 e. The molecule has 0 saturated carbocycles. The second-order valence-corrected chi connectivity index (χ2v) is 6.84. The molecule has 26 heavy (non-hydrogen) atoms. The van der Waals surface area contributed by atoms with Crippen molar-refractivity contribution < 1.29 is 19.1 Å². The van der Waals surface area contributed by atoms with Gasteiger partial charge in [0, 0.05) is 23.4 Å². The molecule has 0 bridgehead atoms. The van der Waals surface area contributed by atoms with Gasteiger partial charge in [0.05, 0.1) is 10.6 Å². The van der Waals surface area contributed by atoms with E-state index in [1.165, 1.54) is 6.07 Å². The molecule has 1 unspecified atom stereocenters. The van der Waals surface area contributed by atoms with E-state index in [4.69, 9.17) is 15.2 Å². The Balaban J connectivity index is 1.65. The van der Waals surface area contributed by atoms with Gasteiger partial charge in [0.1, 0.15) is 12.4 Å². The first kappa shape index (κ1) is 18.4. The van der Waals surface area contributed by atoms with Gasteiger partial charge >= 0.3 is 0 Å². The summed E-state index contributed by atoms with van der Waals surface area (Å²) in [4.78, 5) is 23.6. The number of rotatable bonds is 6. The Kier molecular flexibility index (Phi) is 5.90. The van der Waals surface area contributed by atoms with E-state index in [2.05, 4.69) is 21.2 Å². The summed E-state index contributed by atoms with van der Waals surface area (Å²) in [6.45, 7) is 1.27. The molecular formula is C19H19BrN2O4. The first-order valence-corrected chi connectivity index (χ1v) is 9.07. The van der Waals surface area contributed by atoms with E-state index in [0.717, 1.165) is 19.4 Å². The molecule has 1 saturated heterocycles. The van der Waals surface area contributed by atoms with Gasteiger partial charge in [0.15, 0.2) is 0 Å². The summed E-state index contributed by atoms with van der Waals surface area (Å²) < 4.78 is 12.0. The van der Waals surface area contributed by atoms with Gasteiger partial charge < -0.3 is 20.5 Å². The zero-order valence-corrected chi connectivity index (χ0v) is 15.6. The third-order valence-corrected chi connectivity index (χ3v) is 4.67. The van der Waals surface area contributed by atoms with E-state index in [9.17, 15) is 9.59 Å². The van der Waals surface area contributed by atoms with Crippen LogP contribution in [0.2, 0.25) is 0 Å².